The van der Waals surface area contributed by atoms with E-state index in [2.05, 4.69) is 15.5 Å². The van der Waals surface area contributed by atoms with Gasteiger partial charge in [-0.2, -0.15) is 0 Å². The number of anilines is 1. The van der Waals surface area contributed by atoms with Crippen molar-refractivity contribution in [2.24, 2.45) is 0 Å². The highest BCUT2D eigenvalue weighted by atomic mass is 32.1. The summed E-state index contributed by atoms with van der Waals surface area (Å²) >= 11 is 1.37. The number of fused-ring (bicyclic) bond motifs is 1. The fourth-order valence-corrected chi connectivity index (χ4v) is 3.11. The third-order valence-electron chi connectivity index (χ3n) is 3.37. The number of hydrogen-bond acceptors (Lipinski definition) is 5. The van der Waals surface area contributed by atoms with Crippen molar-refractivity contribution in [2.45, 2.75) is 0 Å². The Kier molecular flexibility index (Phi) is 3.55. The number of amides is 1. The monoisotopic (exact) mass is 339 g/mol. The number of nitrogens with one attached hydrogen (secondary N) is 1. The lowest BCUT2D eigenvalue weighted by Crippen LogP contribution is -2.10. The Morgan fingerprint density at radius 1 is 1.12 bits per heavy atom. The SMILES string of the molecule is O=C(Nc1nc2ccccc2s1)c1cc(-c2cccc(F)c2)no1. The molecule has 2 aromatic heterocycles. The van der Waals surface area contributed by atoms with Gasteiger partial charge in [0.2, 0.25) is 5.76 Å². The molecule has 0 aliphatic rings. The minimum atomic E-state index is -0.454. The fraction of sp³-hybridized carbons (Fsp3) is 0. The van der Waals surface area contributed by atoms with Crippen LogP contribution >= 0.6 is 11.3 Å². The summed E-state index contributed by atoms with van der Waals surface area (Å²) in [7, 11) is 0. The van der Waals surface area contributed by atoms with Gasteiger partial charge in [-0.1, -0.05) is 40.8 Å². The number of nitrogens with zero attached hydrogens (tertiary/aromatic N) is 2. The van der Waals surface area contributed by atoms with E-state index in [-0.39, 0.29) is 11.6 Å². The van der Waals surface area contributed by atoms with Crippen LogP contribution in [-0.2, 0) is 0 Å². The van der Waals surface area contributed by atoms with Gasteiger partial charge in [0, 0.05) is 11.6 Å². The number of hydrogen-bond donors (Lipinski definition) is 1. The first kappa shape index (κ1) is 14.5. The van der Waals surface area contributed by atoms with Crippen LogP contribution < -0.4 is 5.32 Å². The van der Waals surface area contributed by atoms with Crippen molar-refractivity contribution in [3.8, 4) is 11.3 Å². The molecule has 0 atom stereocenters. The highest BCUT2D eigenvalue weighted by molar-refractivity contribution is 7.22. The molecule has 2 aromatic carbocycles. The molecule has 24 heavy (non-hydrogen) atoms. The molecule has 7 heteroatoms. The zero-order chi connectivity index (χ0) is 16.5. The number of thiazole rings is 1. The maximum absolute atomic E-state index is 13.3. The summed E-state index contributed by atoms with van der Waals surface area (Å²) in [6, 6.07) is 15.0. The summed E-state index contributed by atoms with van der Waals surface area (Å²) in [5.41, 5.74) is 1.75. The normalized spacial score (nSPS) is 10.9. The predicted octanol–water partition coefficient (Wildman–Crippen LogP) is 4.34. The lowest BCUT2D eigenvalue weighted by Gasteiger charge is -1.95. The first-order valence-corrected chi connectivity index (χ1v) is 7.90. The lowest BCUT2D eigenvalue weighted by molar-refractivity contribution is 0.0988. The van der Waals surface area contributed by atoms with Crippen LogP contribution in [0, 0.1) is 5.82 Å². The van der Waals surface area contributed by atoms with Gasteiger partial charge in [0.25, 0.3) is 5.91 Å². The van der Waals surface area contributed by atoms with Gasteiger partial charge < -0.3 is 4.52 Å². The molecular formula is C17H10FN3O2S. The summed E-state index contributed by atoms with van der Waals surface area (Å²) in [6.07, 6.45) is 0. The number of benzene rings is 2. The Labute approximate surface area is 139 Å². The second-order valence-electron chi connectivity index (χ2n) is 5.03. The van der Waals surface area contributed by atoms with Crippen molar-refractivity contribution < 1.29 is 13.7 Å². The molecule has 4 aromatic rings. The Morgan fingerprint density at radius 3 is 2.83 bits per heavy atom. The van der Waals surface area contributed by atoms with Gasteiger partial charge in [0.05, 0.1) is 10.2 Å². The van der Waals surface area contributed by atoms with E-state index >= 15 is 0 Å². The molecule has 2 heterocycles. The molecule has 0 unspecified atom stereocenters. The topological polar surface area (TPSA) is 68.0 Å². The molecule has 0 aliphatic carbocycles. The maximum atomic E-state index is 13.3. The van der Waals surface area contributed by atoms with Crippen LogP contribution in [0.5, 0.6) is 0 Å². The van der Waals surface area contributed by atoms with Crippen molar-refractivity contribution in [1.82, 2.24) is 10.1 Å². The predicted molar refractivity (Wildman–Crippen MR) is 89.5 cm³/mol. The van der Waals surface area contributed by atoms with E-state index in [1.165, 1.54) is 29.5 Å². The van der Waals surface area contributed by atoms with Crippen molar-refractivity contribution in [1.29, 1.82) is 0 Å². The van der Waals surface area contributed by atoms with E-state index in [9.17, 15) is 9.18 Å². The highest BCUT2D eigenvalue weighted by Crippen LogP contribution is 2.26. The second kappa shape index (κ2) is 5.86. The number of aromatic nitrogens is 2. The fourth-order valence-electron chi connectivity index (χ4n) is 2.25. The Bertz CT molecular complexity index is 1010. The first-order valence-electron chi connectivity index (χ1n) is 7.08. The molecular weight excluding hydrogens is 329 g/mol. The van der Waals surface area contributed by atoms with Crippen LogP contribution in [0.3, 0.4) is 0 Å². The highest BCUT2D eigenvalue weighted by Gasteiger charge is 2.16. The molecule has 0 saturated carbocycles. The van der Waals surface area contributed by atoms with Gasteiger partial charge in [-0.3, -0.25) is 10.1 Å². The standard InChI is InChI=1S/C17H10FN3O2S/c18-11-5-3-4-10(8-11)13-9-14(23-21-13)16(22)20-17-19-12-6-1-2-7-15(12)24-17/h1-9H,(H,19,20,22). The number of carbonyl (C=O) groups is 1. The van der Waals surface area contributed by atoms with Crippen LogP contribution in [0.4, 0.5) is 9.52 Å². The van der Waals surface area contributed by atoms with Crippen molar-refractivity contribution >= 4 is 32.6 Å². The van der Waals surface area contributed by atoms with Crippen molar-refractivity contribution in [2.75, 3.05) is 5.32 Å². The number of para-hydroxylation sites is 1. The minimum absolute atomic E-state index is 0.0357. The van der Waals surface area contributed by atoms with E-state index in [0.717, 1.165) is 10.2 Å². The molecule has 0 aliphatic heterocycles. The largest absolute Gasteiger partial charge is 0.350 e. The Balaban J connectivity index is 1.56. The zero-order valence-corrected chi connectivity index (χ0v) is 13.0. The van der Waals surface area contributed by atoms with Gasteiger partial charge in [-0.15, -0.1) is 0 Å². The molecule has 0 radical (unpaired) electrons. The number of halogens is 1. The second-order valence-corrected chi connectivity index (χ2v) is 6.06. The Morgan fingerprint density at radius 2 is 2.00 bits per heavy atom. The molecule has 0 fully saturated rings. The van der Waals surface area contributed by atoms with Gasteiger partial charge in [0.15, 0.2) is 5.13 Å². The molecule has 1 amide bonds. The van der Waals surface area contributed by atoms with Crippen molar-refractivity contribution in [3.05, 3.63) is 66.2 Å². The first-order chi connectivity index (χ1) is 11.7. The van der Waals surface area contributed by atoms with Crippen LogP contribution in [0.2, 0.25) is 0 Å². The van der Waals surface area contributed by atoms with Crippen molar-refractivity contribution in [3.63, 3.8) is 0 Å². The minimum Gasteiger partial charge on any atom is -0.350 e. The van der Waals surface area contributed by atoms with Crippen LogP contribution in [0.15, 0.2) is 59.1 Å². The Hall–Kier alpha value is -3.06. The van der Waals surface area contributed by atoms with Gasteiger partial charge >= 0.3 is 0 Å². The van der Waals surface area contributed by atoms with E-state index in [0.29, 0.717) is 16.4 Å². The van der Waals surface area contributed by atoms with Gasteiger partial charge in [-0.25, -0.2) is 9.37 Å². The quantitative estimate of drug-likeness (QED) is 0.603. The summed E-state index contributed by atoms with van der Waals surface area (Å²) in [5, 5.41) is 6.97. The molecule has 4 rings (SSSR count). The lowest BCUT2D eigenvalue weighted by atomic mass is 10.1. The summed E-state index contributed by atoms with van der Waals surface area (Å²) < 4.78 is 19.3. The van der Waals surface area contributed by atoms with E-state index in [4.69, 9.17) is 4.52 Å². The maximum Gasteiger partial charge on any atom is 0.296 e. The summed E-state index contributed by atoms with van der Waals surface area (Å²) in [5.74, 6) is -0.797. The van der Waals surface area contributed by atoms with E-state index < -0.39 is 5.91 Å². The third-order valence-corrected chi connectivity index (χ3v) is 4.32. The average molecular weight is 339 g/mol. The molecule has 0 saturated heterocycles. The molecule has 0 bridgehead atoms. The van der Waals surface area contributed by atoms with Crippen LogP contribution in [-0.4, -0.2) is 16.0 Å². The van der Waals surface area contributed by atoms with Gasteiger partial charge in [0.1, 0.15) is 11.5 Å². The summed E-state index contributed by atoms with van der Waals surface area (Å²) in [4.78, 5) is 16.6. The van der Waals surface area contributed by atoms with Crippen LogP contribution in [0.25, 0.3) is 21.5 Å². The zero-order valence-electron chi connectivity index (χ0n) is 12.2. The molecule has 5 nitrogen and oxygen atoms in total. The van der Waals surface area contributed by atoms with Crippen LogP contribution in [0.1, 0.15) is 10.6 Å². The average Bonchev–Trinajstić information content (AvgIpc) is 3.21. The molecule has 118 valence electrons. The molecule has 1 N–H and O–H groups in total. The number of carbonyl (C=O) groups excluding carboxylic acids is 1. The molecule has 0 spiro atoms. The smallest absolute Gasteiger partial charge is 0.296 e. The summed E-state index contributed by atoms with van der Waals surface area (Å²) in [6.45, 7) is 0. The van der Waals surface area contributed by atoms with E-state index in [1.807, 2.05) is 24.3 Å². The van der Waals surface area contributed by atoms with Gasteiger partial charge in [-0.05, 0) is 24.3 Å². The third kappa shape index (κ3) is 2.77. The number of rotatable bonds is 3. The van der Waals surface area contributed by atoms with E-state index in [1.54, 1.807) is 12.1 Å².